The van der Waals surface area contributed by atoms with E-state index < -0.39 is 6.10 Å². The summed E-state index contributed by atoms with van der Waals surface area (Å²) >= 11 is 0. The monoisotopic (exact) mass is 1090 g/mol. The second-order valence-corrected chi connectivity index (χ2v) is 22.7. The highest BCUT2D eigenvalue weighted by Gasteiger charge is 2.19. The molecule has 0 saturated heterocycles. The van der Waals surface area contributed by atoms with Crippen molar-refractivity contribution in [3.8, 4) is 0 Å². The van der Waals surface area contributed by atoms with Gasteiger partial charge in [0.2, 0.25) is 0 Å². The second-order valence-electron chi connectivity index (χ2n) is 22.7. The molecule has 0 aromatic heterocycles. The van der Waals surface area contributed by atoms with Gasteiger partial charge in [0, 0.05) is 19.3 Å². The Morgan fingerprint density at radius 1 is 0.269 bits per heavy atom. The van der Waals surface area contributed by atoms with E-state index in [0.717, 1.165) is 96.3 Å². The lowest BCUT2D eigenvalue weighted by atomic mass is 10.0. The molecular weight excluding hydrogens is 961 g/mol. The van der Waals surface area contributed by atoms with Crippen molar-refractivity contribution in [1.29, 1.82) is 0 Å². The van der Waals surface area contributed by atoms with Gasteiger partial charge < -0.3 is 14.2 Å². The number of ether oxygens (including phenoxy) is 3. The summed E-state index contributed by atoms with van der Waals surface area (Å²) in [6, 6.07) is 0. The minimum Gasteiger partial charge on any atom is -0.462 e. The van der Waals surface area contributed by atoms with Crippen LogP contribution in [0.4, 0.5) is 0 Å². The molecule has 0 fully saturated rings. The van der Waals surface area contributed by atoms with Crippen LogP contribution in [0.15, 0.2) is 72.9 Å². The summed E-state index contributed by atoms with van der Waals surface area (Å²) in [6.07, 6.45) is 86.6. The van der Waals surface area contributed by atoms with Crippen LogP contribution in [-0.4, -0.2) is 37.2 Å². The number of hydrogen-bond donors (Lipinski definition) is 0. The minimum absolute atomic E-state index is 0.0682. The zero-order chi connectivity index (χ0) is 56.4. The van der Waals surface area contributed by atoms with Crippen molar-refractivity contribution in [2.75, 3.05) is 13.2 Å². The van der Waals surface area contributed by atoms with E-state index in [4.69, 9.17) is 14.2 Å². The van der Waals surface area contributed by atoms with Crippen LogP contribution >= 0.6 is 0 Å². The maximum absolute atomic E-state index is 12.9. The van der Waals surface area contributed by atoms with Gasteiger partial charge in [0.15, 0.2) is 6.10 Å². The van der Waals surface area contributed by atoms with E-state index in [1.54, 1.807) is 0 Å². The van der Waals surface area contributed by atoms with Gasteiger partial charge in [-0.15, -0.1) is 0 Å². The second kappa shape index (κ2) is 66.4. The van der Waals surface area contributed by atoms with Crippen molar-refractivity contribution in [3.05, 3.63) is 72.9 Å². The molecule has 0 aliphatic heterocycles. The maximum Gasteiger partial charge on any atom is 0.306 e. The van der Waals surface area contributed by atoms with Crippen molar-refractivity contribution < 1.29 is 28.6 Å². The molecule has 0 saturated carbocycles. The molecule has 78 heavy (non-hydrogen) atoms. The Labute approximate surface area is 484 Å². The lowest BCUT2D eigenvalue weighted by molar-refractivity contribution is -0.167. The van der Waals surface area contributed by atoms with Gasteiger partial charge in [-0.05, 0) is 70.6 Å². The summed E-state index contributed by atoms with van der Waals surface area (Å²) in [5, 5.41) is 0. The van der Waals surface area contributed by atoms with Gasteiger partial charge in [0.05, 0.1) is 0 Å². The average molecular weight is 1090 g/mol. The summed E-state index contributed by atoms with van der Waals surface area (Å²) in [5.41, 5.74) is 0. The zero-order valence-corrected chi connectivity index (χ0v) is 51.9. The van der Waals surface area contributed by atoms with Crippen LogP contribution in [0, 0.1) is 0 Å². The summed E-state index contributed by atoms with van der Waals surface area (Å²) in [4.78, 5) is 38.1. The first kappa shape index (κ1) is 74.8. The number of carbonyl (C=O) groups excluding carboxylic acids is 3. The lowest BCUT2D eigenvalue weighted by Crippen LogP contribution is -2.30. The first-order valence-corrected chi connectivity index (χ1v) is 33.9. The molecule has 1 atom stereocenters. The topological polar surface area (TPSA) is 78.9 Å². The molecule has 0 radical (unpaired) electrons. The molecular formula is C72H128O6. The quantitative estimate of drug-likeness (QED) is 0.0261. The van der Waals surface area contributed by atoms with E-state index in [-0.39, 0.29) is 31.1 Å². The number of rotatable bonds is 62. The zero-order valence-electron chi connectivity index (χ0n) is 51.9. The van der Waals surface area contributed by atoms with Gasteiger partial charge in [-0.2, -0.15) is 0 Å². The molecule has 0 rings (SSSR count). The largest absolute Gasteiger partial charge is 0.462 e. The molecule has 0 aliphatic rings. The maximum atomic E-state index is 12.9. The molecule has 0 heterocycles. The summed E-state index contributed by atoms with van der Waals surface area (Å²) < 4.78 is 16.9. The van der Waals surface area contributed by atoms with Crippen molar-refractivity contribution in [1.82, 2.24) is 0 Å². The van der Waals surface area contributed by atoms with E-state index in [1.165, 1.54) is 212 Å². The predicted molar refractivity (Wildman–Crippen MR) is 339 cm³/mol. The Hall–Kier alpha value is -3.15. The first-order chi connectivity index (χ1) is 38.5. The number of allylic oxidation sites excluding steroid dienone is 12. The smallest absolute Gasteiger partial charge is 0.306 e. The van der Waals surface area contributed by atoms with Crippen LogP contribution in [0.25, 0.3) is 0 Å². The molecule has 0 bridgehead atoms. The normalized spacial score (nSPS) is 12.5. The standard InChI is InChI=1S/C72H128O6/c1-4-7-10-13-16-19-21-23-25-27-28-29-30-31-32-33-34-35-36-37-38-39-40-41-42-43-44-46-47-49-51-53-56-59-62-65-71(74)77-68-69(67-76-70(73)64-61-58-55-18-15-12-9-6-3)78-72(75)66-63-60-57-54-52-50-48-45-26-24-22-20-17-14-11-8-5-2/h7,10,16,19,23,25,28-29,31-32,34-35,69H,4-6,8-9,11-15,17-18,20-22,24,26-27,30,33,36-68H2,1-3H3/b10-7-,19-16-,25-23-,29-28-,32-31-,35-34-. The molecule has 0 aliphatic carbocycles. The SMILES string of the molecule is CC/C=C\C/C=C\C/C=C\C/C=C\C/C=C\C/C=C\CCCCCCCCCCCCCCCCCCC(=O)OCC(COC(=O)CCCCCCCCCC)OC(=O)CCCCCCCCCCCCCCCCCCC. The van der Waals surface area contributed by atoms with Gasteiger partial charge in [-0.25, -0.2) is 0 Å². The Balaban J connectivity index is 4.02. The van der Waals surface area contributed by atoms with Gasteiger partial charge in [0.25, 0.3) is 0 Å². The average Bonchev–Trinajstić information content (AvgIpc) is 3.44. The molecule has 6 heteroatoms. The van der Waals surface area contributed by atoms with Crippen molar-refractivity contribution in [2.45, 2.75) is 354 Å². The van der Waals surface area contributed by atoms with E-state index in [9.17, 15) is 14.4 Å². The Bertz CT molecular complexity index is 1440. The third kappa shape index (κ3) is 63.7. The molecule has 452 valence electrons. The predicted octanol–water partition coefficient (Wildman–Crippen LogP) is 23.3. The Morgan fingerprint density at radius 3 is 0.782 bits per heavy atom. The number of unbranched alkanes of at least 4 members (excludes halogenated alkanes) is 39. The fourth-order valence-corrected chi connectivity index (χ4v) is 9.92. The highest BCUT2D eigenvalue weighted by atomic mass is 16.6. The summed E-state index contributed by atoms with van der Waals surface area (Å²) in [5.74, 6) is -0.852. The molecule has 0 N–H and O–H groups in total. The van der Waals surface area contributed by atoms with Crippen LogP contribution in [-0.2, 0) is 28.6 Å². The fourth-order valence-electron chi connectivity index (χ4n) is 9.92. The molecule has 0 aromatic carbocycles. The van der Waals surface area contributed by atoms with Crippen molar-refractivity contribution in [3.63, 3.8) is 0 Å². The van der Waals surface area contributed by atoms with Gasteiger partial charge >= 0.3 is 17.9 Å². The molecule has 1 unspecified atom stereocenters. The number of hydrogen-bond acceptors (Lipinski definition) is 6. The number of esters is 3. The van der Waals surface area contributed by atoms with E-state index in [2.05, 4.69) is 93.7 Å². The fraction of sp³-hybridized carbons (Fsp3) is 0.792. The number of carbonyl (C=O) groups is 3. The molecule has 0 spiro atoms. The Kier molecular flexibility index (Phi) is 63.7. The van der Waals surface area contributed by atoms with Crippen LogP contribution in [0.5, 0.6) is 0 Å². The highest BCUT2D eigenvalue weighted by molar-refractivity contribution is 5.71. The summed E-state index contributed by atoms with van der Waals surface area (Å²) in [6.45, 7) is 6.54. The van der Waals surface area contributed by atoms with Gasteiger partial charge in [-0.1, -0.05) is 331 Å². The van der Waals surface area contributed by atoms with E-state index >= 15 is 0 Å². The van der Waals surface area contributed by atoms with Gasteiger partial charge in [0.1, 0.15) is 13.2 Å². The summed E-state index contributed by atoms with van der Waals surface area (Å²) in [7, 11) is 0. The van der Waals surface area contributed by atoms with E-state index in [1.807, 2.05) is 0 Å². The van der Waals surface area contributed by atoms with Crippen LogP contribution in [0.3, 0.4) is 0 Å². The third-order valence-electron chi connectivity index (χ3n) is 15.0. The highest BCUT2D eigenvalue weighted by Crippen LogP contribution is 2.18. The Morgan fingerprint density at radius 2 is 0.500 bits per heavy atom. The molecule has 0 aromatic rings. The minimum atomic E-state index is -0.768. The van der Waals surface area contributed by atoms with Crippen LogP contribution in [0.1, 0.15) is 348 Å². The van der Waals surface area contributed by atoms with Crippen molar-refractivity contribution in [2.24, 2.45) is 0 Å². The van der Waals surface area contributed by atoms with Crippen LogP contribution < -0.4 is 0 Å². The van der Waals surface area contributed by atoms with E-state index in [0.29, 0.717) is 19.3 Å². The van der Waals surface area contributed by atoms with Gasteiger partial charge in [-0.3, -0.25) is 14.4 Å². The lowest BCUT2D eigenvalue weighted by Gasteiger charge is -2.18. The molecule has 0 amide bonds. The van der Waals surface area contributed by atoms with Crippen molar-refractivity contribution >= 4 is 17.9 Å². The molecule has 6 nitrogen and oxygen atoms in total. The third-order valence-corrected chi connectivity index (χ3v) is 15.0. The first-order valence-electron chi connectivity index (χ1n) is 33.9. The van der Waals surface area contributed by atoms with Crippen LogP contribution in [0.2, 0.25) is 0 Å².